The van der Waals surface area contributed by atoms with Crippen molar-refractivity contribution in [3.63, 3.8) is 0 Å². The molecular weight excluding hydrogens is 458 g/mol. The Bertz CT molecular complexity index is 693. The van der Waals surface area contributed by atoms with Crippen molar-refractivity contribution in [2.75, 3.05) is 0 Å². The Morgan fingerprint density at radius 2 is 0.568 bits per heavy atom. The molecule has 2 heteroatoms. The molecule has 3 rings (SSSR count). The van der Waals surface area contributed by atoms with Gasteiger partial charge in [0.05, 0.1) is 0 Å². The highest BCUT2D eigenvalue weighted by Gasteiger charge is 2.66. The summed E-state index contributed by atoms with van der Waals surface area (Å²) in [5.74, 6) is -2.43. The van der Waals surface area contributed by atoms with Gasteiger partial charge in [-0.1, -0.05) is 131 Å². The Morgan fingerprint density at radius 3 is 0.595 bits per heavy atom. The minimum Gasteiger partial charge on any atom is -0.207 e. The zero-order valence-corrected chi connectivity index (χ0v) is 28.7. The number of halogens is 2. The summed E-state index contributed by atoms with van der Waals surface area (Å²) in [5.41, 5.74) is 2.84. The largest absolute Gasteiger partial charge is 0.249 e. The highest BCUT2D eigenvalue weighted by molar-refractivity contribution is 5.10. The summed E-state index contributed by atoms with van der Waals surface area (Å²) in [5, 5.41) is 0. The second-order valence-electron chi connectivity index (χ2n) is 19.3. The van der Waals surface area contributed by atoms with E-state index < -0.39 is 5.92 Å². The van der Waals surface area contributed by atoms with Crippen LogP contribution < -0.4 is 0 Å². The lowest BCUT2D eigenvalue weighted by atomic mass is 9.44. The molecule has 0 aromatic rings. The van der Waals surface area contributed by atoms with Crippen molar-refractivity contribution in [3.8, 4) is 0 Å². The van der Waals surface area contributed by atoms with Crippen molar-refractivity contribution in [1.82, 2.24) is 0 Å². The Labute approximate surface area is 232 Å². The molecule has 0 heterocycles. The van der Waals surface area contributed by atoms with E-state index in [1.807, 2.05) is 0 Å². The van der Waals surface area contributed by atoms with Gasteiger partial charge in [0.2, 0.25) is 5.92 Å². The van der Waals surface area contributed by atoms with Crippen molar-refractivity contribution in [1.29, 1.82) is 0 Å². The molecule has 222 valence electrons. The molecule has 3 fully saturated rings. The van der Waals surface area contributed by atoms with Crippen molar-refractivity contribution in [3.05, 3.63) is 0 Å². The fourth-order valence-electron chi connectivity index (χ4n) is 8.92. The molecule has 37 heavy (non-hydrogen) atoms. The van der Waals surface area contributed by atoms with Gasteiger partial charge < -0.3 is 0 Å². The van der Waals surface area contributed by atoms with Crippen LogP contribution in [0.3, 0.4) is 0 Å². The van der Waals surface area contributed by atoms with E-state index in [9.17, 15) is 8.78 Å². The standard InChI is InChI=1S/C12H22F2.C12H24.C11H22/c1-9(2,3)11(10(4,5)6)7-12(13,14)8-11;1-10(2,3)12(8-7-9-12)11(4,5)6;1-9(2,3)11(7-8-11)10(4,5)6/h7-8H2,1-6H3;7-9H2,1-6H3;7-8H2,1-6H3. The minimum absolute atomic E-state index is 0.0486. The summed E-state index contributed by atoms with van der Waals surface area (Å²) < 4.78 is 26.2. The van der Waals surface area contributed by atoms with Gasteiger partial charge in [-0.25, -0.2) is 8.78 Å². The van der Waals surface area contributed by atoms with E-state index in [1.54, 1.807) is 0 Å². The van der Waals surface area contributed by atoms with Crippen molar-refractivity contribution >= 4 is 0 Å². The molecule has 0 aromatic carbocycles. The van der Waals surface area contributed by atoms with Gasteiger partial charge >= 0.3 is 0 Å². The molecule has 3 aliphatic carbocycles. The van der Waals surface area contributed by atoms with E-state index >= 15 is 0 Å². The van der Waals surface area contributed by atoms with Crippen LogP contribution in [-0.2, 0) is 0 Å². The fourth-order valence-corrected chi connectivity index (χ4v) is 8.92. The van der Waals surface area contributed by atoms with Gasteiger partial charge in [0.25, 0.3) is 0 Å². The average Bonchev–Trinajstić information content (AvgIpc) is 3.27. The molecule has 0 N–H and O–H groups in total. The fraction of sp³-hybridized carbons (Fsp3) is 1.00. The van der Waals surface area contributed by atoms with E-state index in [2.05, 4.69) is 125 Å². The van der Waals surface area contributed by atoms with Crippen LogP contribution >= 0.6 is 0 Å². The topological polar surface area (TPSA) is 0 Å². The number of hydrogen-bond donors (Lipinski definition) is 0. The molecule has 0 nitrogen and oxygen atoms in total. The van der Waals surface area contributed by atoms with Gasteiger partial charge in [-0.2, -0.15) is 0 Å². The Morgan fingerprint density at radius 1 is 0.351 bits per heavy atom. The van der Waals surface area contributed by atoms with E-state index in [0.717, 1.165) is 0 Å². The van der Waals surface area contributed by atoms with Gasteiger partial charge in [0.1, 0.15) is 0 Å². The first-order chi connectivity index (χ1) is 15.8. The first-order valence-electron chi connectivity index (χ1n) is 15.2. The third kappa shape index (κ3) is 6.61. The van der Waals surface area contributed by atoms with Crippen LogP contribution in [0.5, 0.6) is 0 Å². The SMILES string of the molecule is CC(C)(C)C1(C(C)(C)C)CC(F)(F)C1.CC(C)(C)C1(C(C)(C)C)CC1.CC(C)(C)C1(C(C)(C)C)CCC1. The number of rotatable bonds is 0. The van der Waals surface area contributed by atoms with Crippen LogP contribution in [0, 0.1) is 48.7 Å². The van der Waals surface area contributed by atoms with Crippen LogP contribution in [-0.4, -0.2) is 5.92 Å². The van der Waals surface area contributed by atoms with Crippen LogP contribution in [0.1, 0.15) is 170 Å². The van der Waals surface area contributed by atoms with Crippen molar-refractivity contribution in [2.24, 2.45) is 48.7 Å². The van der Waals surface area contributed by atoms with Gasteiger partial charge in [0.15, 0.2) is 0 Å². The Hall–Kier alpha value is -0.140. The second-order valence-corrected chi connectivity index (χ2v) is 19.3. The molecule has 0 spiro atoms. The highest BCUT2D eigenvalue weighted by atomic mass is 19.3. The first kappa shape index (κ1) is 34.9. The second kappa shape index (κ2) is 9.75. The molecule has 0 aliphatic heterocycles. The molecule has 0 unspecified atom stereocenters. The molecule has 0 atom stereocenters. The number of hydrogen-bond acceptors (Lipinski definition) is 0. The van der Waals surface area contributed by atoms with Gasteiger partial charge in [-0.3, -0.25) is 0 Å². The molecule has 3 saturated carbocycles. The predicted octanol–water partition coefficient (Wildman–Crippen LogP) is 12.6. The summed E-state index contributed by atoms with van der Waals surface area (Å²) in [7, 11) is 0. The lowest BCUT2D eigenvalue weighted by Gasteiger charge is -2.62. The molecule has 3 aliphatic rings. The molecular formula is C35H68F2. The van der Waals surface area contributed by atoms with Crippen LogP contribution in [0.4, 0.5) is 8.78 Å². The van der Waals surface area contributed by atoms with Gasteiger partial charge in [-0.15, -0.1) is 0 Å². The summed E-state index contributed by atoms with van der Waals surface area (Å²) in [6.45, 7) is 41.1. The summed E-state index contributed by atoms with van der Waals surface area (Å²) in [6.07, 6.45) is 7.26. The molecule has 0 amide bonds. The summed E-state index contributed by atoms with van der Waals surface area (Å²) >= 11 is 0. The maximum atomic E-state index is 13.1. The smallest absolute Gasteiger partial charge is 0.207 e. The van der Waals surface area contributed by atoms with Crippen LogP contribution in [0.15, 0.2) is 0 Å². The lowest BCUT2D eigenvalue weighted by Crippen LogP contribution is -2.59. The van der Waals surface area contributed by atoms with E-state index in [0.29, 0.717) is 32.5 Å². The van der Waals surface area contributed by atoms with Crippen molar-refractivity contribution in [2.45, 2.75) is 175 Å². The third-order valence-electron chi connectivity index (χ3n) is 11.7. The average molecular weight is 527 g/mol. The monoisotopic (exact) mass is 527 g/mol. The minimum atomic E-state index is -2.43. The normalized spacial score (nSPS) is 24.3. The molecule has 0 bridgehead atoms. The maximum absolute atomic E-state index is 13.1. The molecule has 0 aromatic heterocycles. The molecule has 0 saturated heterocycles. The molecule has 0 radical (unpaired) electrons. The Kier molecular flexibility index (Phi) is 9.19. The van der Waals surface area contributed by atoms with E-state index in [-0.39, 0.29) is 29.1 Å². The Balaban J connectivity index is 0.000000280. The predicted molar refractivity (Wildman–Crippen MR) is 161 cm³/mol. The van der Waals surface area contributed by atoms with Gasteiger partial charge in [0, 0.05) is 12.8 Å². The zero-order valence-electron chi connectivity index (χ0n) is 28.7. The summed E-state index contributed by atoms with van der Waals surface area (Å²) in [6, 6.07) is 0. The van der Waals surface area contributed by atoms with E-state index in [4.69, 9.17) is 0 Å². The van der Waals surface area contributed by atoms with Gasteiger partial charge in [-0.05, 0) is 74.4 Å². The summed E-state index contributed by atoms with van der Waals surface area (Å²) in [4.78, 5) is 0. The third-order valence-corrected chi connectivity index (χ3v) is 11.7. The lowest BCUT2D eigenvalue weighted by molar-refractivity contribution is -0.243. The highest BCUT2D eigenvalue weighted by Crippen LogP contribution is 2.69. The number of alkyl halides is 2. The first-order valence-corrected chi connectivity index (χ1v) is 15.2. The van der Waals surface area contributed by atoms with Crippen LogP contribution in [0.2, 0.25) is 0 Å². The van der Waals surface area contributed by atoms with E-state index in [1.165, 1.54) is 32.1 Å². The van der Waals surface area contributed by atoms with Crippen LogP contribution in [0.25, 0.3) is 0 Å². The maximum Gasteiger partial charge on any atom is 0.249 e. The zero-order chi connectivity index (χ0) is 29.9. The van der Waals surface area contributed by atoms with Crippen molar-refractivity contribution < 1.29 is 8.78 Å². The quantitative estimate of drug-likeness (QED) is 0.294.